The van der Waals surface area contributed by atoms with E-state index < -0.39 is 5.82 Å². The molecular weight excluding hydrogens is 231 g/mol. The summed E-state index contributed by atoms with van der Waals surface area (Å²) in [7, 11) is 1.47. The van der Waals surface area contributed by atoms with Gasteiger partial charge in [0.25, 0.3) is 0 Å². The molecule has 2 N–H and O–H groups in total. The van der Waals surface area contributed by atoms with E-state index in [9.17, 15) is 4.39 Å². The van der Waals surface area contributed by atoms with E-state index in [-0.39, 0.29) is 5.75 Å². The standard InChI is InChI=1S/C14H21FN2O/c1-3-4-10-5-6-17(9-10)13-8-14(18-2)11(15)7-12(13)16/h7-8,10H,3-6,9,16H2,1-2H3. The molecule has 2 rings (SSSR count). The maximum atomic E-state index is 13.5. The van der Waals surface area contributed by atoms with Crippen molar-refractivity contribution in [2.45, 2.75) is 26.2 Å². The lowest BCUT2D eigenvalue weighted by Crippen LogP contribution is -2.21. The topological polar surface area (TPSA) is 38.5 Å². The van der Waals surface area contributed by atoms with Gasteiger partial charge in [0.2, 0.25) is 0 Å². The van der Waals surface area contributed by atoms with Crippen LogP contribution in [0.5, 0.6) is 5.75 Å². The summed E-state index contributed by atoms with van der Waals surface area (Å²) in [6.07, 6.45) is 3.64. The number of rotatable bonds is 4. The lowest BCUT2D eigenvalue weighted by molar-refractivity contribution is 0.387. The fourth-order valence-electron chi connectivity index (χ4n) is 2.68. The summed E-state index contributed by atoms with van der Waals surface area (Å²) in [4.78, 5) is 2.23. The van der Waals surface area contributed by atoms with Crippen LogP contribution in [-0.4, -0.2) is 20.2 Å². The van der Waals surface area contributed by atoms with Gasteiger partial charge in [-0.25, -0.2) is 4.39 Å². The maximum absolute atomic E-state index is 13.5. The van der Waals surface area contributed by atoms with Gasteiger partial charge < -0.3 is 15.4 Å². The molecule has 0 aromatic heterocycles. The Labute approximate surface area is 108 Å². The minimum absolute atomic E-state index is 0.262. The Bertz CT molecular complexity index is 423. The molecule has 1 fully saturated rings. The van der Waals surface area contributed by atoms with Crippen LogP contribution in [0.2, 0.25) is 0 Å². The Morgan fingerprint density at radius 2 is 2.28 bits per heavy atom. The fraction of sp³-hybridized carbons (Fsp3) is 0.571. The van der Waals surface area contributed by atoms with Crippen LogP contribution >= 0.6 is 0 Å². The summed E-state index contributed by atoms with van der Waals surface area (Å²) < 4.78 is 18.5. The summed E-state index contributed by atoms with van der Waals surface area (Å²) in [6, 6.07) is 3.06. The minimum Gasteiger partial charge on any atom is -0.494 e. The van der Waals surface area contributed by atoms with Gasteiger partial charge in [-0.2, -0.15) is 0 Å². The predicted octanol–water partition coefficient (Wildman–Crippen LogP) is 3.04. The second kappa shape index (κ2) is 5.46. The number of benzene rings is 1. The van der Waals surface area contributed by atoms with Crippen molar-refractivity contribution in [3.8, 4) is 5.75 Å². The molecular formula is C14H21FN2O. The Balaban J connectivity index is 2.18. The van der Waals surface area contributed by atoms with E-state index in [2.05, 4.69) is 11.8 Å². The first-order valence-corrected chi connectivity index (χ1v) is 6.53. The van der Waals surface area contributed by atoms with Gasteiger partial charge in [-0.3, -0.25) is 0 Å². The number of methoxy groups -OCH3 is 1. The summed E-state index contributed by atoms with van der Waals surface area (Å²) in [5.74, 6) is 0.589. The largest absolute Gasteiger partial charge is 0.494 e. The third-order valence-corrected chi connectivity index (χ3v) is 3.62. The molecule has 1 aromatic carbocycles. The number of nitrogen functional groups attached to an aromatic ring is 1. The molecule has 0 bridgehead atoms. The number of nitrogens with zero attached hydrogens (tertiary/aromatic N) is 1. The van der Waals surface area contributed by atoms with Crippen LogP contribution in [0.25, 0.3) is 0 Å². The highest BCUT2D eigenvalue weighted by Crippen LogP contribution is 2.34. The van der Waals surface area contributed by atoms with Gasteiger partial charge in [-0.15, -0.1) is 0 Å². The van der Waals surface area contributed by atoms with E-state index in [1.807, 2.05) is 0 Å². The van der Waals surface area contributed by atoms with Crippen molar-refractivity contribution >= 4 is 11.4 Å². The van der Waals surface area contributed by atoms with Crippen LogP contribution in [0.1, 0.15) is 26.2 Å². The second-order valence-electron chi connectivity index (χ2n) is 4.93. The molecule has 0 amide bonds. The van der Waals surface area contributed by atoms with Crippen molar-refractivity contribution in [1.29, 1.82) is 0 Å². The molecule has 0 saturated carbocycles. The van der Waals surface area contributed by atoms with E-state index >= 15 is 0 Å². The van der Waals surface area contributed by atoms with Crippen LogP contribution in [0.3, 0.4) is 0 Å². The maximum Gasteiger partial charge on any atom is 0.167 e. The molecule has 3 nitrogen and oxygen atoms in total. The molecule has 0 aliphatic carbocycles. The SMILES string of the molecule is CCCC1CCN(c2cc(OC)c(F)cc2N)C1. The lowest BCUT2D eigenvalue weighted by atomic mass is 10.0. The van der Waals surface area contributed by atoms with E-state index in [1.54, 1.807) is 6.07 Å². The van der Waals surface area contributed by atoms with E-state index in [4.69, 9.17) is 10.5 Å². The Kier molecular flexibility index (Phi) is 3.94. The van der Waals surface area contributed by atoms with Gasteiger partial charge in [0.05, 0.1) is 18.5 Å². The Morgan fingerprint density at radius 1 is 1.50 bits per heavy atom. The van der Waals surface area contributed by atoms with Gasteiger partial charge in [-0.05, 0) is 18.8 Å². The van der Waals surface area contributed by atoms with Crippen LogP contribution in [-0.2, 0) is 0 Å². The molecule has 18 heavy (non-hydrogen) atoms. The first-order chi connectivity index (χ1) is 8.65. The highest BCUT2D eigenvalue weighted by atomic mass is 19.1. The van der Waals surface area contributed by atoms with Crippen molar-refractivity contribution in [2.75, 3.05) is 30.8 Å². The van der Waals surface area contributed by atoms with E-state index in [0.29, 0.717) is 5.69 Å². The third kappa shape index (κ3) is 2.52. The summed E-state index contributed by atoms with van der Waals surface area (Å²) in [5.41, 5.74) is 7.29. The quantitative estimate of drug-likeness (QED) is 0.837. The summed E-state index contributed by atoms with van der Waals surface area (Å²) in [5, 5.41) is 0. The normalized spacial score (nSPS) is 19.3. The zero-order chi connectivity index (χ0) is 13.1. The molecule has 1 aromatic rings. The van der Waals surface area contributed by atoms with Crippen LogP contribution in [0.15, 0.2) is 12.1 Å². The van der Waals surface area contributed by atoms with Crippen molar-refractivity contribution in [2.24, 2.45) is 5.92 Å². The Hall–Kier alpha value is -1.45. The molecule has 100 valence electrons. The number of ether oxygens (including phenoxy) is 1. The number of nitrogens with two attached hydrogens (primary N) is 1. The molecule has 1 saturated heterocycles. The van der Waals surface area contributed by atoms with Crippen molar-refractivity contribution in [3.63, 3.8) is 0 Å². The molecule has 1 unspecified atom stereocenters. The molecule has 1 aliphatic rings. The second-order valence-corrected chi connectivity index (χ2v) is 4.93. The minimum atomic E-state index is -0.400. The highest BCUT2D eigenvalue weighted by molar-refractivity contribution is 5.70. The zero-order valence-electron chi connectivity index (χ0n) is 11.1. The number of anilines is 2. The van der Waals surface area contributed by atoms with Gasteiger partial charge in [0.15, 0.2) is 11.6 Å². The van der Waals surface area contributed by atoms with Crippen LogP contribution in [0, 0.1) is 11.7 Å². The van der Waals surface area contributed by atoms with Crippen molar-refractivity contribution in [3.05, 3.63) is 17.9 Å². The lowest BCUT2D eigenvalue weighted by Gasteiger charge is -2.21. The van der Waals surface area contributed by atoms with Gasteiger partial charge in [0, 0.05) is 25.2 Å². The molecule has 0 spiro atoms. The highest BCUT2D eigenvalue weighted by Gasteiger charge is 2.24. The van der Waals surface area contributed by atoms with Gasteiger partial charge >= 0.3 is 0 Å². The first-order valence-electron chi connectivity index (χ1n) is 6.53. The van der Waals surface area contributed by atoms with Gasteiger partial charge in [0.1, 0.15) is 0 Å². The smallest absolute Gasteiger partial charge is 0.167 e. The van der Waals surface area contributed by atoms with E-state index in [0.717, 1.165) is 24.7 Å². The van der Waals surface area contributed by atoms with Crippen LogP contribution in [0.4, 0.5) is 15.8 Å². The van der Waals surface area contributed by atoms with E-state index in [1.165, 1.54) is 32.4 Å². The average molecular weight is 252 g/mol. The molecule has 4 heteroatoms. The fourth-order valence-corrected chi connectivity index (χ4v) is 2.68. The zero-order valence-corrected chi connectivity index (χ0v) is 11.1. The Morgan fingerprint density at radius 3 is 2.94 bits per heavy atom. The van der Waals surface area contributed by atoms with Crippen LogP contribution < -0.4 is 15.4 Å². The first kappa shape index (κ1) is 13.0. The number of hydrogen-bond acceptors (Lipinski definition) is 3. The van der Waals surface area contributed by atoms with Crippen molar-refractivity contribution < 1.29 is 9.13 Å². The average Bonchev–Trinajstić information content (AvgIpc) is 2.78. The molecule has 1 heterocycles. The summed E-state index contributed by atoms with van der Waals surface area (Å²) >= 11 is 0. The summed E-state index contributed by atoms with van der Waals surface area (Å²) in [6.45, 7) is 4.20. The number of halogens is 1. The molecule has 1 atom stereocenters. The monoisotopic (exact) mass is 252 g/mol. The predicted molar refractivity (Wildman–Crippen MR) is 72.6 cm³/mol. The molecule has 0 radical (unpaired) electrons. The van der Waals surface area contributed by atoms with Crippen molar-refractivity contribution in [1.82, 2.24) is 0 Å². The third-order valence-electron chi connectivity index (χ3n) is 3.62. The molecule has 1 aliphatic heterocycles. The number of hydrogen-bond donors (Lipinski definition) is 1. The van der Waals surface area contributed by atoms with Gasteiger partial charge in [-0.1, -0.05) is 13.3 Å².